The number of hydrogen-bond donors (Lipinski definition) is 1. The molecular weight excluding hydrogens is 246 g/mol. The van der Waals surface area contributed by atoms with Gasteiger partial charge in [-0.2, -0.15) is 0 Å². The highest BCUT2D eigenvalue weighted by atomic mass is 15.1. The summed E-state index contributed by atoms with van der Waals surface area (Å²) in [7, 11) is 0. The van der Waals surface area contributed by atoms with Crippen LogP contribution in [0, 0.1) is 13.5 Å². The number of aryl methyl sites for hydroxylation is 1. The van der Waals surface area contributed by atoms with Gasteiger partial charge in [0, 0.05) is 36.0 Å². The van der Waals surface area contributed by atoms with Crippen LogP contribution < -0.4 is 5.32 Å². The Kier molecular flexibility index (Phi) is 3.15. The minimum atomic E-state index is -0.354. The van der Waals surface area contributed by atoms with E-state index >= 15 is 0 Å². The quantitative estimate of drug-likeness (QED) is 0.838. The van der Waals surface area contributed by atoms with E-state index in [0.717, 1.165) is 41.8 Å². The minimum Gasteiger partial charge on any atom is -0.314 e. The number of nitrogens with zero attached hydrogens (tertiary/aromatic N) is 2. The molecule has 0 saturated heterocycles. The normalized spacial score (nSPS) is 16.0. The van der Waals surface area contributed by atoms with Crippen molar-refractivity contribution in [3.8, 4) is 11.1 Å². The van der Waals surface area contributed by atoms with Crippen molar-refractivity contribution in [1.29, 1.82) is 0 Å². The maximum absolute atomic E-state index is 7.31. The van der Waals surface area contributed by atoms with Crippen LogP contribution in [0.4, 0.5) is 5.69 Å². The lowest BCUT2D eigenvalue weighted by atomic mass is 9.85. The van der Waals surface area contributed by atoms with Crippen molar-refractivity contribution in [1.82, 2.24) is 4.98 Å². The molecule has 1 heterocycles. The van der Waals surface area contributed by atoms with E-state index in [0.29, 0.717) is 0 Å². The van der Waals surface area contributed by atoms with E-state index in [4.69, 9.17) is 6.57 Å². The first-order valence-electron chi connectivity index (χ1n) is 6.91. The standard InChI is InChI=1S/C17H17N3/c1-13-4-5-15(12-19-13)14-6-8-16(9-7-14)20-17(18-2)10-3-11-17/h4-9,12,20H,3,10-11H2,1H3. The SMILES string of the molecule is [C-]#[N+]C1(Nc2ccc(-c3ccc(C)nc3)cc2)CCC1. The van der Waals surface area contributed by atoms with Gasteiger partial charge in [-0.15, -0.1) is 0 Å². The van der Waals surface area contributed by atoms with E-state index in [-0.39, 0.29) is 5.66 Å². The highest BCUT2D eigenvalue weighted by Gasteiger charge is 2.43. The monoisotopic (exact) mass is 263 g/mol. The van der Waals surface area contributed by atoms with Crippen LogP contribution >= 0.6 is 0 Å². The Morgan fingerprint density at radius 1 is 1.10 bits per heavy atom. The molecule has 0 unspecified atom stereocenters. The van der Waals surface area contributed by atoms with Crippen molar-refractivity contribution >= 4 is 5.69 Å². The lowest BCUT2D eigenvalue weighted by Gasteiger charge is -2.31. The summed E-state index contributed by atoms with van der Waals surface area (Å²) in [5.74, 6) is 0. The van der Waals surface area contributed by atoms with Crippen molar-refractivity contribution in [2.75, 3.05) is 5.32 Å². The van der Waals surface area contributed by atoms with Crippen molar-refractivity contribution in [3.63, 3.8) is 0 Å². The molecule has 0 amide bonds. The van der Waals surface area contributed by atoms with E-state index in [1.54, 1.807) is 0 Å². The summed E-state index contributed by atoms with van der Waals surface area (Å²) in [5, 5.41) is 3.36. The summed E-state index contributed by atoms with van der Waals surface area (Å²) in [5.41, 5.74) is 3.95. The van der Waals surface area contributed by atoms with E-state index < -0.39 is 0 Å². The molecule has 1 saturated carbocycles. The molecule has 1 fully saturated rings. The Morgan fingerprint density at radius 2 is 1.80 bits per heavy atom. The molecule has 1 aromatic carbocycles. The highest BCUT2D eigenvalue weighted by molar-refractivity contribution is 5.65. The second-order valence-electron chi connectivity index (χ2n) is 5.39. The van der Waals surface area contributed by atoms with Gasteiger partial charge in [-0.05, 0) is 37.1 Å². The smallest absolute Gasteiger partial charge is 0.305 e. The van der Waals surface area contributed by atoms with Crippen LogP contribution in [0.15, 0.2) is 42.6 Å². The first kappa shape index (κ1) is 12.7. The van der Waals surface area contributed by atoms with E-state index in [1.807, 2.05) is 31.3 Å². The molecule has 100 valence electrons. The van der Waals surface area contributed by atoms with Crippen LogP contribution in [0.1, 0.15) is 25.0 Å². The van der Waals surface area contributed by atoms with Crippen LogP contribution in [0.3, 0.4) is 0 Å². The number of pyridine rings is 1. The van der Waals surface area contributed by atoms with Crippen LogP contribution in [0.25, 0.3) is 16.0 Å². The second-order valence-corrected chi connectivity index (χ2v) is 5.39. The van der Waals surface area contributed by atoms with Gasteiger partial charge in [0.25, 0.3) is 0 Å². The maximum atomic E-state index is 7.31. The second kappa shape index (κ2) is 4.97. The van der Waals surface area contributed by atoms with E-state index in [2.05, 4.69) is 33.3 Å². The van der Waals surface area contributed by atoms with Crippen LogP contribution in [0.5, 0.6) is 0 Å². The summed E-state index contributed by atoms with van der Waals surface area (Å²) in [4.78, 5) is 8.06. The fourth-order valence-corrected chi connectivity index (χ4v) is 2.43. The average molecular weight is 263 g/mol. The lowest BCUT2D eigenvalue weighted by Crippen LogP contribution is -2.41. The summed E-state index contributed by atoms with van der Waals surface area (Å²) in [6.45, 7) is 9.29. The maximum Gasteiger partial charge on any atom is 0.305 e. The summed E-state index contributed by atoms with van der Waals surface area (Å²) >= 11 is 0. The van der Waals surface area contributed by atoms with Crippen molar-refractivity contribution < 1.29 is 0 Å². The fourth-order valence-electron chi connectivity index (χ4n) is 2.43. The predicted octanol–water partition coefficient (Wildman–Crippen LogP) is 4.27. The first-order valence-corrected chi connectivity index (χ1v) is 6.91. The van der Waals surface area contributed by atoms with Gasteiger partial charge in [-0.3, -0.25) is 9.83 Å². The molecule has 0 spiro atoms. The molecule has 1 aliphatic carbocycles. The molecule has 3 rings (SSSR count). The number of rotatable bonds is 3. The minimum absolute atomic E-state index is 0.354. The van der Waals surface area contributed by atoms with Crippen molar-refractivity contribution in [3.05, 3.63) is 59.7 Å². The predicted molar refractivity (Wildman–Crippen MR) is 81.2 cm³/mol. The van der Waals surface area contributed by atoms with Crippen LogP contribution in [-0.4, -0.2) is 10.6 Å². The van der Waals surface area contributed by atoms with Crippen LogP contribution in [0.2, 0.25) is 0 Å². The van der Waals surface area contributed by atoms with Gasteiger partial charge in [-0.1, -0.05) is 18.2 Å². The van der Waals surface area contributed by atoms with Gasteiger partial charge in [0.1, 0.15) is 0 Å². The Balaban J connectivity index is 1.78. The molecule has 0 radical (unpaired) electrons. The third-order valence-corrected chi connectivity index (χ3v) is 3.90. The summed E-state index contributed by atoms with van der Waals surface area (Å²) in [6.07, 6.45) is 4.92. The summed E-state index contributed by atoms with van der Waals surface area (Å²) in [6, 6.07) is 12.3. The molecular formula is C17H17N3. The highest BCUT2D eigenvalue weighted by Crippen LogP contribution is 2.36. The molecule has 1 N–H and O–H groups in total. The van der Waals surface area contributed by atoms with E-state index in [9.17, 15) is 0 Å². The average Bonchev–Trinajstić information content (AvgIpc) is 2.45. The van der Waals surface area contributed by atoms with Crippen molar-refractivity contribution in [2.45, 2.75) is 31.8 Å². The molecule has 3 nitrogen and oxygen atoms in total. The molecule has 1 aliphatic rings. The molecule has 0 bridgehead atoms. The number of benzene rings is 1. The van der Waals surface area contributed by atoms with Gasteiger partial charge in [0.05, 0.1) is 0 Å². The number of aromatic nitrogens is 1. The summed E-state index contributed by atoms with van der Waals surface area (Å²) < 4.78 is 0. The Labute approximate surface area is 119 Å². The Bertz CT molecular complexity index is 631. The third kappa shape index (κ3) is 2.37. The first-order chi connectivity index (χ1) is 9.71. The van der Waals surface area contributed by atoms with Gasteiger partial charge < -0.3 is 5.32 Å². The largest absolute Gasteiger partial charge is 0.314 e. The fraction of sp³-hybridized carbons (Fsp3) is 0.294. The third-order valence-electron chi connectivity index (χ3n) is 3.90. The topological polar surface area (TPSA) is 29.3 Å². The molecule has 3 heteroatoms. The van der Waals surface area contributed by atoms with Gasteiger partial charge in [0.15, 0.2) is 0 Å². The number of hydrogen-bond acceptors (Lipinski definition) is 2. The Morgan fingerprint density at radius 3 is 2.30 bits per heavy atom. The number of nitrogens with one attached hydrogen (secondary N) is 1. The zero-order valence-corrected chi connectivity index (χ0v) is 11.6. The number of anilines is 1. The van der Waals surface area contributed by atoms with Gasteiger partial charge in [0.2, 0.25) is 0 Å². The van der Waals surface area contributed by atoms with Crippen molar-refractivity contribution in [2.24, 2.45) is 0 Å². The molecule has 2 aromatic rings. The molecule has 1 aromatic heterocycles. The van der Waals surface area contributed by atoms with Crippen LogP contribution in [-0.2, 0) is 0 Å². The molecule has 0 aliphatic heterocycles. The lowest BCUT2D eigenvalue weighted by molar-refractivity contribution is 0.343. The zero-order valence-electron chi connectivity index (χ0n) is 11.6. The Hall–Kier alpha value is -2.34. The molecule has 0 atom stereocenters. The van der Waals surface area contributed by atoms with Gasteiger partial charge in [-0.25, -0.2) is 6.57 Å². The zero-order chi connectivity index (χ0) is 14.0. The molecule has 20 heavy (non-hydrogen) atoms. The van der Waals surface area contributed by atoms with E-state index in [1.165, 1.54) is 0 Å². The van der Waals surface area contributed by atoms with Gasteiger partial charge >= 0.3 is 5.66 Å².